The summed E-state index contributed by atoms with van der Waals surface area (Å²) in [4.78, 5) is 4.47. The molecule has 0 aliphatic carbocycles. The fourth-order valence-corrected chi connectivity index (χ4v) is 2.12. The van der Waals surface area contributed by atoms with E-state index in [0.29, 0.717) is 6.04 Å². The molecule has 0 spiro atoms. The fraction of sp³-hybridized carbons (Fsp3) is 0.583. The van der Waals surface area contributed by atoms with Crippen LogP contribution in [0.15, 0.2) is 18.9 Å². The number of anilines is 1. The largest absolute Gasteiger partial charge is 0.353 e. The van der Waals surface area contributed by atoms with Crippen LogP contribution in [0.4, 0.5) is 5.95 Å². The minimum Gasteiger partial charge on any atom is -0.353 e. The number of hydrogen-bond donors (Lipinski definition) is 1. The minimum absolute atomic E-state index is 0.456. The number of allylic oxidation sites excluding steroid dienone is 1. The third kappa shape index (κ3) is 3.93. The van der Waals surface area contributed by atoms with Crippen LogP contribution >= 0.6 is 11.8 Å². The highest BCUT2D eigenvalue weighted by Crippen LogP contribution is 2.11. The van der Waals surface area contributed by atoms with E-state index in [0.717, 1.165) is 24.6 Å². The Kier molecular flexibility index (Phi) is 5.46. The van der Waals surface area contributed by atoms with Crippen LogP contribution in [0.2, 0.25) is 0 Å². The topological polar surface area (TPSA) is 29.9 Å². The smallest absolute Gasteiger partial charge is 0.203 e. The van der Waals surface area contributed by atoms with E-state index in [1.54, 1.807) is 0 Å². The van der Waals surface area contributed by atoms with Crippen molar-refractivity contribution in [2.45, 2.75) is 32.9 Å². The van der Waals surface area contributed by atoms with E-state index >= 15 is 0 Å². The van der Waals surface area contributed by atoms with Gasteiger partial charge in [0.1, 0.15) is 0 Å². The molecule has 0 amide bonds. The van der Waals surface area contributed by atoms with Crippen LogP contribution < -0.4 is 5.32 Å². The Balaban J connectivity index is 2.60. The second kappa shape index (κ2) is 6.63. The lowest BCUT2D eigenvalue weighted by molar-refractivity contribution is 0.734. The first-order chi connectivity index (χ1) is 7.67. The van der Waals surface area contributed by atoms with Crippen LogP contribution in [0.5, 0.6) is 0 Å². The number of aromatic nitrogens is 2. The Bertz CT molecular complexity index is 333. The van der Waals surface area contributed by atoms with Gasteiger partial charge in [0.05, 0.1) is 5.69 Å². The lowest BCUT2D eigenvalue weighted by Gasteiger charge is -2.14. The molecule has 1 N–H and O–H groups in total. The number of imidazole rings is 1. The van der Waals surface area contributed by atoms with Gasteiger partial charge in [-0.1, -0.05) is 6.08 Å². The first-order valence-electron chi connectivity index (χ1n) is 5.57. The molecule has 1 aromatic rings. The van der Waals surface area contributed by atoms with Gasteiger partial charge in [-0.15, -0.1) is 6.58 Å². The fourth-order valence-electron chi connectivity index (χ4n) is 1.53. The summed E-state index contributed by atoms with van der Waals surface area (Å²) in [6, 6.07) is 0.456. The van der Waals surface area contributed by atoms with Crippen LogP contribution in [0.1, 0.15) is 19.0 Å². The predicted molar refractivity (Wildman–Crippen MR) is 73.2 cm³/mol. The van der Waals surface area contributed by atoms with Crippen molar-refractivity contribution in [1.82, 2.24) is 9.55 Å². The average Bonchev–Trinajstić information content (AvgIpc) is 2.56. The highest BCUT2D eigenvalue weighted by molar-refractivity contribution is 7.98. The van der Waals surface area contributed by atoms with Crippen molar-refractivity contribution in [3.8, 4) is 0 Å². The molecule has 1 unspecified atom stereocenters. The van der Waals surface area contributed by atoms with Gasteiger partial charge in [0, 0.05) is 18.8 Å². The first-order valence-corrected chi connectivity index (χ1v) is 6.97. The van der Waals surface area contributed by atoms with Gasteiger partial charge in [-0.05, 0) is 32.3 Å². The summed E-state index contributed by atoms with van der Waals surface area (Å²) in [6.45, 7) is 8.76. The predicted octanol–water partition coefficient (Wildman–Crippen LogP) is 2.93. The van der Waals surface area contributed by atoms with Crippen molar-refractivity contribution in [3.05, 3.63) is 24.5 Å². The zero-order chi connectivity index (χ0) is 12.0. The summed E-state index contributed by atoms with van der Waals surface area (Å²) in [5.41, 5.74) is 1.04. The van der Waals surface area contributed by atoms with Gasteiger partial charge in [0.2, 0.25) is 5.95 Å². The molecular formula is C12H21N3S. The van der Waals surface area contributed by atoms with E-state index in [9.17, 15) is 0 Å². The zero-order valence-corrected chi connectivity index (χ0v) is 11.2. The Morgan fingerprint density at radius 1 is 1.69 bits per heavy atom. The molecule has 1 rings (SSSR count). The molecule has 0 bridgehead atoms. The third-order valence-corrected chi connectivity index (χ3v) is 3.00. The Morgan fingerprint density at radius 2 is 2.44 bits per heavy atom. The maximum absolute atomic E-state index is 4.47. The van der Waals surface area contributed by atoms with E-state index in [4.69, 9.17) is 0 Å². The van der Waals surface area contributed by atoms with Gasteiger partial charge in [-0.25, -0.2) is 4.98 Å². The number of aryl methyl sites for hydroxylation is 1. The van der Waals surface area contributed by atoms with E-state index < -0.39 is 0 Å². The van der Waals surface area contributed by atoms with Crippen molar-refractivity contribution in [2.75, 3.05) is 17.3 Å². The van der Waals surface area contributed by atoms with Gasteiger partial charge in [0.15, 0.2) is 0 Å². The van der Waals surface area contributed by atoms with Gasteiger partial charge in [-0.3, -0.25) is 0 Å². The molecule has 0 saturated carbocycles. The van der Waals surface area contributed by atoms with Gasteiger partial charge < -0.3 is 9.88 Å². The quantitative estimate of drug-likeness (QED) is 0.742. The molecule has 4 heteroatoms. The molecule has 0 fully saturated rings. The van der Waals surface area contributed by atoms with Crippen molar-refractivity contribution in [2.24, 2.45) is 0 Å². The number of nitrogens with zero attached hydrogens (tertiary/aromatic N) is 2. The zero-order valence-electron chi connectivity index (χ0n) is 10.4. The van der Waals surface area contributed by atoms with Crippen LogP contribution in [0.25, 0.3) is 0 Å². The summed E-state index contributed by atoms with van der Waals surface area (Å²) in [6.07, 6.45) is 7.22. The molecule has 16 heavy (non-hydrogen) atoms. The molecule has 1 atom stereocenters. The molecule has 0 saturated heterocycles. The van der Waals surface area contributed by atoms with Crippen molar-refractivity contribution in [3.63, 3.8) is 0 Å². The summed E-state index contributed by atoms with van der Waals surface area (Å²) in [5.74, 6) is 2.13. The molecule has 0 radical (unpaired) electrons. The van der Waals surface area contributed by atoms with Crippen LogP contribution in [0.3, 0.4) is 0 Å². The number of nitrogens with one attached hydrogen (secondary N) is 1. The monoisotopic (exact) mass is 239 g/mol. The number of hydrogen-bond acceptors (Lipinski definition) is 3. The van der Waals surface area contributed by atoms with Crippen molar-refractivity contribution < 1.29 is 0 Å². The summed E-state index contributed by atoms with van der Waals surface area (Å²) >= 11 is 1.88. The van der Waals surface area contributed by atoms with Crippen molar-refractivity contribution in [1.29, 1.82) is 0 Å². The maximum atomic E-state index is 4.47. The molecular weight excluding hydrogens is 218 g/mol. The molecule has 0 aliphatic rings. The Hall–Kier alpha value is -0.900. The van der Waals surface area contributed by atoms with Gasteiger partial charge in [-0.2, -0.15) is 11.8 Å². The number of rotatable bonds is 7. The molecule has 0 aliphatic heterocycles. The van der Waals surface area contributed by atoms with Crippen LogP contribution in [-0.2, 0) is 6.54 Å². The molecule has 3 nitrogen and oxygen atoms in total. The van der Waals surface area contributed by atoms with Crippen LogP contribution in [-0.4, -0.2) is 27.6 Å². The molecule has 1 heterocycles. The Morgan fingerprint density at radius 3 is 3.06 bits per heavy atom. The summed E-state index contributed by atoms with van der Waals surface area (Å²) < 4.78 is 2.10. The van der Waals surface area contributed by atoms with Gasteiger partial charge >= 0.3 is 0 Å². The lowest BCUT2D eigenvalue weighted by Crippen LogP contribution is -2.19. The average molecular weight is 239 g/mol. The number of thioether (sulfide) groups is 1. The molecule has 0 aromatic carbocycles. The highest BCUT2D eigenvalue weighted by atomic mass is 32.2. The highest BCUT2D eigenvalue weighted by Gasteiger charge is 2.07. The van der Waals surface area contributed by atoms with E-state index in [-0.39, 0.29) is 0 Å². The maximum Gasteiger partial charge on any atom is 0.203 e. The normalized spacial score (nSPS) is 12.4. The lowest BCUT2D eigenvalue weighted by atomic mass is 10.3. The van der Waals surface area contributed by atoms with Crippen LogP contribution in [0, 0.1) is 6.92 Å². The third-order valence-electron chi connectivity index (χ3n) is 2.35. The second-order valence-corrected chi connectivity index (χ2v) is 4.96. The van der Waals surface area contributed by atoms with Crippen molar-refractivity contribution >= 4 is 17.7 Å². The molecule has 90 valence electrons. The minimum atomic E-state index is 0.456. The van der Waals surface area contributed by atoms with E-state index in [1.165, 1.54) is 5.75 Å². The van der Waals surface area contributed by atoms with E-state index in [1.807, 2.05) is 31.0 Å². The standard InChI is InChI=1S/C12H21N3S/c1-5-7-15-9-11(3)14-12(15)13-10(2)6-8-16-4/h5,9-10H,1,6-8H2,2-4H3,(H,13,14). The van der Waals surface area contributed by atoms with E-state index in [2.05, 4.69) is 34.6 Å². The SMILES string of the molecule is C=CCn1cc(C)nc1NC(C)CCSC. The molecule has 1 aromatic heterocycles. The summed E-state index contributed by atoms with van der Waals surface area (Å²) in [5, 5.41) is 3.44. The Labute approximate surface area is 102 Å². The second-order valence-electron chi connectivity index (χ2n) is 3.97. The first kappa shape index (κ1) is 13.2. The summed E-state index contributed by atoms with van der Waals surface area (Å²) in [7, 11) is 0. The van der Waals surface area contributed by atoms with Gasteiger partial charge in [0.25, 0.3) is 0 Å².